The Balaban J connectivity index is 1.85. The summed E-state index contributed by atoms with van der Waals surface area (Å²) in [6, 6.07) is 8.85. The molecule has 0 amide bonds. The fraction of sp³-hybridized carbons (Fsp3) is 0.520. The lowest BCUT2D eigenvalue weighted by Gasteiger charge is -2.23. The van der Waals surface area contributed by atoms with Crippen LogP contribution in [0.4, 0.5) is 4.39 Å². The Kier molecular flexibility index (Phi) is 10.6. The predicted molar refractivity (Wildman–Crippen MR) is 124 cm³/mol. The summed E-state index contributed by atoms with van der Waals surface area (Å²) in [5.41, 5.74) is 2.51. The number of unbranched alkanes of at least 4 members (excludes halogenated alkanes) is 1. The molecule has 0 aliphatic heterocycles. The maximum Gasteiger partial charge on any atom is 0.133 e. The summed E-state index contributed by atoms with van der Waals surface area (Å²) in [5.74, 6) is -0.113. The van der Waals surface area contributed by atoms with E-state index in [4.69, 9.17) is 16.3 Å². The van der Waals surface area contributed by atoms with Crippen molar-refractivity contribution in [2.24, 2.45) is 5.92 Å². The first kappa shape index (κ1) is 25.4. The maximum atomic E-state index is 13.6. The van der Waals surface area contributed by atoms with Crippen LogP contribution in [0.5, 0.6) is 0 Å². The van der Waals surface area contributed by atoms with Gasteiger partial charge in [-0.05, 0) is 75.5 Å². The molecule has 0 bridgehead atoms. The number of methoxy groups -OCH3 is 1. The van der Waals surface area contributed by atoms with Crippen LogP contribution in [0.3, 0.4) is 0 Å². The summed E-state index contributed by atoms with van der Waals surface area (Å²) < 4.78 is 19.3. The van der Waals surface area contributed by atoms with Crippen molar-refractivity contribution in [2.45, 2.75) is 59.1 Å². The third-order valence-corrected chi connectivity index (χ3v) is 6.03. The van der Waals surface area contributed by atoms with Gasteiger partial charge >= 0.3 is 0 Å². The average Bonchev–Trinajstić information content (AvgIpc) is 2.75. The summed E-state index contributed by atoms with van der Waals surface area (Å²) in [6.07, 6.45) is 4.88. The van der Waals surface area contributed by atoms with Crippen LogP contribution in [0.1, 0.15) is 62.5 Å². The fourth-order valence-corrected chi connectivity index (χ4v) is 3.90. The zero-order valence-corrected chi connectivity index (χ0v) is 19.8. The molecule has 2 atom stereocenters. The van der Waals surface area contributed by atoms with Gasteiger partial charge in [0, 0.05) is 25.8 Å². The SMILES string of the molecule is CCN(CCCC[C@@H](C[C@@H](OC)c1ccc(F)c(C)c1)C(C)=O)Cc1ccc(Cl)cn1. The molecule has 2 aromatic rings. The van der Waals surface area contributed by atoms with Crippen LogP contribution in [0, 0.1) is 18.7 Å². The number of rotatable bonds is 13. The van der Waals surface area contributed by atoms with Gasteiger partial charge in [-0.1, -0.05) is 37.1 Å². The molecule has 0 spiro atoms. The van der Waals surface area contributed by atoms with Crippen molar-refractivity contribution < 1.29 is 13.9 Å². The quantitative estimate of drug-likeness (QED) is 0.344. The molecule has 1 aromatic carbocycles. The van der Waals surface area contributed by atoms with Gasteiger partial charge in [0.1, 0.15) is 11.6 Å². The van der Waals surface area contributed by atoms with Gasteiger partial charge in [0.2, 0.25) is 0 Å². The lowest BCUT2D eigenvalue weighted by molar-refractivity contribution is -0.122. The van der Waals surface area contributed by atoms with E-state index in [0.29, 0.717) is 17.0 Å². The third kappa shape index (κ3) is 8.32. The summed E-state index contributed by atoms with van der Waals surface area (Å²) >= 11 is 5.91. The van der Waals surface area contributed by atoms with Crippen molar-refractivity contribution in [2.75, 3.05) is 20.2 Å². The van der Waals surface area contributed by atoms with Crippen molar-refractivity contribution in [3.8, 4) is 0 Å². The molecule has 6 heteroatoms. The molecule has 170 valence electrons. The van der Waals surface area contributed by atoms with Gasteiger partial charge in [-0.3, -0.25) is 14.7 Å². The average molecular weight is 449 g/mol. The lowest BCUT2D eigenvalue weighted by atomic mass is 9.89. The Morgan fingerprint density at radius 1 is 1.26 bits per heavy atom. The number of nitrogens with zero attached hydrogens (tertiary/aromatic N) is 2. The van der Waals surface area contributed by atoms with E-state index in [-0.39, 0.29) is 23.6 Å². The molecule has 0 fully saturated rings. The van der Waals surface area contributed by atoms with E-state index in [1.54, 1.807) is 33.2 Å². The Morgan fingerprint density at radius 3 is 2.61 bits per heavy atom. The number of ether oxygens (including phenoxy) is 1. The zero-order chi connectivity index (χ0) is 22.8. The van der Waals surface area contributed by atoms with Gasteiger partial charge < -0.3 is 4.74 Å². The lowest BCUT2D eigenvalue weighted by Crippen LogP contribution is -2.25. The van der Waals surface area contributed by atoms with Crippen molar-refractivity contribution in [3.63, 3.8) is 0 Å². The highest BCUT2D eigenvalue weighted by Gasteiger charge is 2.22. The summed E-state index contributed by atoms with van der Waals surface area (Å²) in [6.45, 7) is 8.22. The van der Waals surface area contributed by atoms with E-state index in [1.165, 1.54) is 6.07 Å². The predicted octanol–water partition coefficient (Wildman–Crippen LogP) is 6.16. The highest BCUT2D eigenvalue weighted by Crippen LogP contribution is 2.29. The molecule has 1 heterocycles. The second kappa shape index (κ2) is 12.9. The van der Waals surface area contributed by atoms with Crippen LogP contribution < -0.4 is 0 Å². The van der Waals surface area contributed by atoms with Gasteiger partial charge in [-0.25, -0.2) is 4.39 Å². The highest BCUT2D eigenvalue weighted by atomic mass is 35.5. The van der Waals surface area contributed by atoms with Crippen LogP contribution in [-0.4, -0.2) is 35.9 Å². The molecular formula is C25H34ClFN2O2. The van der Waals surface area contributed by atoms with E-state index in [0.717, 1.165) is 50.2 Å². The van der Waals surface area contributed by atoms with Crippen molar-refractivity contribution in [1.29, 1.82) is 0 Å². The number of aromatic nitrogens is 1. The molecule has 0 aliphatic carbocycles. The molecule has 0 aliphatic rings. The van der Waals surface area contributed by atoms with E-state index < -0.39 is 0 Å². The number of carbonyl (C=O) groups excluding carboxylic acids is 1. The topological polar surface area (TPSA) is 42.4 Å². The summed E-state index contributed by atoms with van der Waals surface area (Å²) in [7, 11) is 1.64. The first-order valence-corrected chi connectivity index (χ1v) is 11.3. The normalized spacial score (nSPS) is 13.4. The van der Waals surface area contributed by atoms with Crippen molar-refractivity contribution in [3.05, 3.63) is 64.2 Å². The molecule has 0 saturated heterocycles. The standard InChI is InChI=1S/C25H34ClFN2O2/c1-5-29(17-23-11-10-22(26)16-28-23)13-7-6-8-20(19(3)30)15-25(31-4)21-9-12-24(27)18(2)14-21/h9-12,14,16,20,25H,5-8,13,15,17H2,1-4H3/t20-,25+/m0/s1. The van der Waals surface area contributed by atoms with E-state index in [9.17, 15) is 9.18 Å². The molecule has 31 heavy (non-hydrogen) atoms. The summed E-state index contributed by atoms with van der Waals surface area (Å²) in [5, 5.41) is 0.646. The molecule has 2 rings (SSSR count). The van der Waals surface area contributed by atoms with Crippen LogP contribution in [0.25, 0.3) is 0 Å². The molecule has 0 radical (unpaired) electrons. The molecule has 0 unspecified atom stereocenters. The first-order chi connectivity index (χ1) is 14.8. The van der Waals surface area contributed by atoms with E-state index >= 15 is 0 Å². The number of halogens is 2. The number of hydrogen-bond donors (Lipinski definition) is 0. The van der Waals surface area contributed by atoms with Gasteiger partial charge in [0.15, 0.2) is 0 Å². The molecule has 4 nitrogen and oxygen atoms in total. The van der Waals surface area contributed by atoms with E-state index in [2.05, 4.69) is 16.8 Å². The van der Waals surface area contributed by atoms with Crippen LogP contribution in [0.15, 0.2) is 36.5 Å². The van der Waals surface area contributed by atoms with Crippen molar-refractivity contribution in [1.82, 2.24) is 9.88 Å². The number of aryl methyl sites for hydroxylation is 1. The Morgan fingerprint density at radius 2 is 2.03 bits per heavy atom. The van der Waals surface area contributed by atoms with E-state index in [1.807, 2.05) is 18.2 Å². The highest BCUT2D eigenvalue weighted by molar-refractivity contribution is 6.30. The minimum Gasteiger partial charge on any atom is -0.377 e. The fourth-order valence-electron chi connectivity index (χ4n) is 3.79. The number of carbonyl (C=O) groups is 1. The monoisotopic (exact) mass is 448 g/mol. The number of hydrogen-bond acceptors (Lipinski definition) is 4. The smallest absolute Gasteiger partial charge is 0.133 e. The van der Waals surface area contributed by atoms with Gasteiger partial charge in [-0.2, -0.15) is 0 Å². The zero-order valence-electron chi connectivity index (χ0n) is 19.0. The minimum atomic E-state index is -0.226. The molecule has 0 N–H and O–H groups in total. The van der Waals surface area contributed by atoms with Crippen LogP contribution >= 0.6 is 11.6 Å². The van der Waals surface area contributed by atoms with Gasteiger partial charge in [-0.15, -0.1) is 0 Å². The van der Waals surface area contributed by atoms with Crippen LogP contribution in [-0.2, 0) is 16.1 Å². The van der Waals surface area contributed by atoms with Gasteiger partial charge in [0.25, 0.3) is 0 Å². The van der Waals surface area contributed by atoms with Crippen LogP contribution in [0.2, 0.25) is 5.02 Å². The number of benzene rings is 1. The second-order valence-corrected chi connectivity index (χ2v) is 8.54. The third-order valence-electron chi connectivity index (χ3n) is 5.81. The molecule has 1 aromatic heterocycles. The largest absolute Gasteiger partial charge is 0.377 e. The van der Waals surface area contributed by atoms with Crippen molar-refractivity contribution >= 4 is 17.4 Å². The Hall–Kier alpha value is -1.82. The number of pyridine rings is 1. The number of ketones is 1. The summed E-state index contributed by atoms with van der Waals surface area (Å²) in [4.78, 5) is 19.0. The number of Topliss-reactive ketones (excluding diaryl/α,β-unsaturated/α-hetero) is 1. The second-order valence-electron chi connectivity index (χ2n) is 8.11. The molecular weight excluding hydrogens is 415 g/mol. The molecule has 0 saturated carbocycles. The first-order valence-electron chi connectivity index (χ1n) is 11.0. The van der Waals surface area contributed by atoms with Gasteiger partial charge in [0.05, 0.1) is 16.8 Å². The maximum absolute atomic E-state index is 13.6. The Bertz CT molecular complexity index is 829. The Labute approximate surface area is 190 Å². The minimum absolute atomic E-state index is 0.0664.